The molecule has 2 rings (SSSR count). The van der Waals surface area contributed by atoms with Gasteiger partial charge < -0.3 is 4.74 Å². The maximum atomic E-state index is 5.69. The van der Waals surface area contributed by atoms with Crippen LogP contribution in [0, 0.1) is 0 Å². The Morgan fingerprint density at radius 3 is 2.92 bits per heavy atom. The number of aromatic nitrogens is 3. The minimum Gasteiger partial charge on any atom is -0.427 e. The lowest BCUT2D eigenvalue weighted by atomic mass is 10.7. The minimum atomic E-state index is 0.526. The fraction of sp³-hybridized carbons (Fsp3) is 0.143. The second-order valence-electron chi connectivity index (χ2n) is 2.38. The lowest BCUT2D eigenvalue weighted by Gasteiger charge is -1.93. The van der Waals surface area contributed by atoms with Crippen molar-refractivity contribution < 1.29 is 4.74 Å². The van der Waals surface area contributed by atoms with Crippen molar-refractivity contribution in [2.24, 2.45) is 7.05 Å². The third-order valence-corrected chi connectivity index (χ3v) is 2.34. The van der Waals surface area contributed by atoms with E-state index in [9.17, 15) is 0 Å². The maximum absolute atomic E-state index is 5.69. The molecular weight excluding hydrogens is 210 g/mol. The van der Waals surface area contributed by atoms with Crippen LogP contribution in [0.15, 0.2) is 18.6 Å². The summed E-state index contributed by atoms with van der Waals surface area (Å²) in [5.41, 5.74) is 0. The molecule has 2 heterocycles. The molecule has 0 atom stereocenters. The van der Waals surface area contributed by atoms with Crippen molar-refractivity contribution in [3.8, 4) is 10.9 Å². The van der Waals surface area contributed by atoms with E-state index in [4.69, 9.17) is 16.3 Å². The van der Waals surface area contributed by atoms with E-state index in [1.165, 1.54) is 11.3 Å². The highest BCUT2D eigenvalue weighted by molar-refractivity contribution is 7.17. The predicted octanol–water partition coefficient (Wildman–Crippen LogP) is 2.32. The molecule has 0 spiro atoms. The fourth-order valence-corrected chi connectivity index (χ4v) is 1.60. The number of thiazole rings is 1. The van der Waals surface area contributed by atoms with Gasteiger partial charge in [0.05, 0.1) is 18.6 Å². The summed E-state index contributed by atoms with van der Waals surface area (Å²) < 4.78 is 7.63. The molecule has 0 aliphatic heterocycles. The molecule has 0 aliphatic rings. The Hall–Kier alpha value is -1.07. The van der Waals surface area contributed by atoms with Gasteiger partial charge in [0.25, 0.3) is 5.19 Å². The standard InChI is InChI=1S/C7H6ClN3OS/c1-11-4-5(2-10-11)12-7-9-3-6(8)13-7/h2-4H,1H3. The molecule has 0 radical (unpaired) electrons. The predicted molar refractivity (Wildman–Crippen MR) is 50.4 cm³/mol. The van der Waals surface area contributed by atoms with E-state index in [1.807, 2.05) is 7.05 Å². The van der Waals surface area contributed by atoms with Crippen molar-refractivity contribution in [3.05, 3.63) is 22.9 Å². The molecule has 2 aromatic rings. The lowest BCUT2D eigenvalue weighted by molar-refractivity contribution is 0.478. The largest absolute Gasteiger partial charge is 0.427 e. The minimum absolute atomic E-state index is 0.526. The monoisotopic (exact) mass is 215 g/mol. The molecule has 0 N–H and O–H groups in total. The summed E-state index contributed by atoms with van der Waals surface area (Å²) in [6.07, 6.45) is 4.93. The smallest absolute Gasteiger partial charge is 0.280 e. The van der Waals surface area contributed by atoms with Gasteiger partial charge in [-0.05, 0) is 0 Å². The molecule has 6 heteroatoms. The van der Waals surface area contributed by atoms with Gasteiger partial charge >= 0.3 is 0 Å². The van der Waals surface area contributed by atoms with Crippen molar-refractivity contribution in [2.45, 2.75) is 0 Å². The first-order valence-corrected chi connectivity index (χ1v) is 4.71. The van der Waals surface area contributed by atoms with E-state index in [-0.39, 0.29) is 0 Å². The molecule has 0 saturated heterocycles. The summed E-state index contributed by atoms with van der Waals surface area (Å²) in [5.74, 6) is 0.661. The van der Waals surface area contributed by atoms with Gasteiger partial charge in [0, 0.05) is 7.05 Å². The molecular formula is C7H6ClN3OS. The fourth-order valence-electron chi connectivity index (χ4n) is 0.839. The van der Waals surface area contributed by atoms with Crippen LogP contribution in [-0.4, -0.2) is 14.8 Å². The number of hydrogen-bond donors (Lipinski definition) is 0. The Morgan fingerprint density at radius 2 is 2.38 bits per heavy atom. The van der Waals surface area contributed by atoms with Gasteiger partial charge in [-0.1, -0.05) is 22.9 Å². The third-order valence-electron chi connectivity index (χ3n) is 1.34. The number of aryl methyl sites for hydroxylation is 1. The molecule has 0 aliphatic carbocycles. The van der Waals surface area contributed by atoms with Gasteiger partial charge in [0.2, 0.25) is 0 Å². The van der Waals surface area contributed by atoms with Crippen molar-refractivity contribution in [1.82, 2.24) is 14.8 Å². The lowest BCUT2D eigenvalue weighted by Crippen LogP contribution is -1.84. The maximum Gasteiger partial charge on any atom is 0.280 e. The second-order valence-corrected chi connectivity index (χ2v) is 4.01. The third kappa shape index (κ3) is 1.99. The highest BCUT2D eigenvalue weighted by Gasteiger charge is 2.03. The second kappa shape index (κ2) is 3.35. The molecule has 0 unspecified atom stereocenters. The van der Waals surface area contributed by atoms with Crippen LogP contribution < -0.4 is 4.74 Å². The van der Waals surface area contributed by atoms with Gasteiger partial charge in [0.15, 0.2) is 5.75 Å². The number of hydrogen-bond acceptors (Lipinski definition) is 4. The quantitative estimate of drug-likeness (QED) is 0.772. The van der Waals surface area contributed by atoms with Crippen LogP contribution in [0.4, 0.5) is 0 Å². The van der Waals surface area contributed by atoms with Crippen molar-refractivity contribution in [3.63, 3.8) is 0 Å². The average molecular weight is 216 g/mol. The molecule has 0 bridgehead atoms. The number of nitrogens with zero attached hydrogens (tertiary/aromatic N) is 3. The van der Waals surface area contributed by atoms with Crippen LogP contribution in [0.3, 0.4) is 0 Å². The Balaban J connectivity index is 2.14. The van der Waals surface area contributed by atoms with Gasteiger partial charge in [-0.3, -0.25) is 4.68 Å². The molecule has 0 amide bonds. The summed E-state index contributed by atoms with van der Waals surface area (Å²) in [6.45, 7) is 0. The summed E-state index contributed by atoms with van der Waals surface area (Å²) >= 11 is 6.97. The first kappa shape index (κ1) is 8.52. The van der Waals surface area contributed by atoms with Gasteiger partial charge in [-0.15, -0.1) is 0 Å². The van der Waals surface area contributed by atoms with Gasteiger partial charge in [-0.2, -0.15) is 5.10 Å². The number of ether oxygens (including phenoxy) is 1. The van der Waals surface area contributed by atoms with Crippen LogP contribution >= 0.6 is 22.9 Å². The van der Waals surface area contributed by atoms with Crippen molar-refractivity contribution in [2.75, 3.05) is 0 Å². The summed E-state index contributed by atoms with van der Waals surface area (Å²) in [4.78, 5) is 3.95. The van der Waals surface area contributed by atoms with E-state index < -0.39 is 0 Å². The Kier molecular flexibility index (Phi) is 2.20. The van der Waals surface area contributed by atoms with E-state index >= 15 is 0 Å². The van der Waals surface area contributed by atoms with Gasteiger partial charge in [-0.25, -0.2) is 4.98 Å². The highest BCUT2D eigenvalue weighted by atomic mass is 35.5. The van der Waals surface area contributed by atoms with Crippen LogP contribution in [0.25, 0.3) is 0 Å². The molecule has 0 aromatic carbocycles. The van der Waals surface area contributed by atoms with E-state index in [0.717, 1.165) is 0 Å². The Bertz CT molecular complexity index is 373. The average Bonchev–Trinajstić information content (AvgIpc) is 2.62. The highest BCUT2D eigenvalue weighted by Crippen LogP contribution is 2.28. The zero-order chi connectivity index (χ0) is 9.26. The molecule has 0 saturated carbocycles. The first-order chi connectivity index (χ1) is 6.24. The molecule has 68 valence electrons. The number of halogens is 1. The van der Waals surface area contributed by atoms with E-state index in [0.29, 0.717) is 15.3 Å². The van der Waals surface area contributed by atoms with Gasteiger partial charge in [0.1, 0.15) is 4.34 Å². The van der Waals surface area contributed by atoms with Crippen LogP contribution in [-0.2, 0) is 7.05 Å². The summed E-state index contributed by atoms with van der Waals surface area (Å²) in [5, 5.41) is 4.48. The normalized spacial score (nSPS) is 10.3. The van der Waals surface area contributed by atoms with Crippen molar-refractivity contribution in [1.29, 1.82) is 0 Å². The van der Waals surface area contributed by atoms with Crippen molar-refractivity contribution >= 4 is 22.9 Å². The first-order valence-electron chi connectivity index (χ1n) is 3.52. The molecule has 2 aromatic heterocycles. The SMILES string of the molecule is Cn1cc(Oc2ncc(Cl)s2)cn1. The van der Waals surface area contributed by atoms with E-state index in [2.05, 4.69) is 10.1 Å². The number of rotatable bonds is 2. The molecule has 0 fully saturated rings. The van der Waals surface area contributed by atoms with E-state index in [1.54, 1.807) is 23.3 Å². The Labute approximate surface area is 83.7 Å². The summed E-state index contributed by atoms with van der Waals surface area (Å²) in [6, 6.07) is 0. The topological polar surface area (TPSA) is 39.9 Å². The van der Waals surface area contributed by atoms with Crippen LogP contribution in [0.5, 0.6) is 10.9 Å². The summed E-state index contributed by atoms with van der Waals surface area (Å²) in [7, 11) is 1.82. The molecule has 13 heavy (non-hydrogen) atoms. The Morgan fingerprint density at radius 1 is 1.54 bits per heavy atom. The zero-order valence-electron chi connectivity index (χ0n) is 6.77. The van der Waals surface area contributed by atoms with Crippen LogP contribution in [0.2, 0.25) is 4.34 Å². The van der Waals surface area contributed by atoms with Crippen LogP contribution in [0.1, 0.15) is 0 Å². The zero-order valence-corrected chi connectivity index (χ0v) is 8.34. The molecule has 4 nitrogen and oxygen atoms in total.